The van der Waals surface area contributed by atoms with Gasteiger partial charge >= 0.3 is 0 Å². The smallest absolute Gasteiger partial charge is 0.186 e. The van der Waals surface area contributed by atoms with Gasteiger partial charge in [-0.25, -0.2) is 0 Å². The van der Waals surface area contributed by atoms with E-state index in [1.807, 2.05) is 91.0 Å². The average molecular weight is 495 g/mol. The number of hydrogen-bond acceptors (Lipinski definition) is 7. The van der Waals surface area contributed by atoms with E-state index in [1.54, 1.807) is 0 Å². The zero-order valence-electron chi connectivity index (χ0n) is 20.4. The number of benzene rings is 3. The number of aliphatic hydroxyl groups excluding tert-OH is 2. The Morgan fingerprint density at radius 3 is 1.50 bits per heavy atom. The minimum absolute atomic E-state index is 0.276. The van der Waals surface area contributed by atoms with Gasteiger partial charge in [-0.3, -0.25) is 0 Å². The second-order valence-corrected chi connectivity index (χ2v) is 8.74. The molecule has 0 saturated carbocycles. The Morgan fingerprint density at radius 2 is 1.08 bits per heavy atom. The van der Waals surface area contributed by atoms with Crippen LogP contribution in [0.4, 0.5) is 0 Å². The molecule has 0 aliphatic carbocycles. The van der Waals surface area contributed by atoms with Crippen LogP contribution in [0.15, 0.2) is 91.0 Å². The molecule has 3 aromatic carbocycles. The van der Waals surface area contributed by atoms with Gasteiger partial charge in [-0.1, -0.05) is 91.0 Å². The van der Waals surface area contributed by atoms with Crippen molar-refractivity contribution in [2.24, 2.45) is 0 Å². The number of aliphatic hydroxyl groups is 2. The molecule has 1 aliphatic rings. The monoisotopic (exact) mass is 494 g/mol. The van der Waals surface area contributed by atoms with Crippen molar-refractivity contribution >= 4 is 0 Å². The summed E-state index contributed by atoms with van der Waals surface area (Å²) in [6.07, 6.45) is -4.95. The van der Waals surface area contributed by atoms with Crippen molar-refractivity contribution in [1.29, 1.82) is 0 Å². The SMILES string of the molecule is CO[C@H]1O[C@H]([C@H](O)CO)[C@@H](OCc2ccccc2)[C@H](OCc2ccccc2)[C@@H]1OCc1ccccc1. The lowest BCUT2D eigenvalue weighted by Crippen LogP contribution is -2.63. The molecule has 6 atom stereocenters. The largest absolute Gasteiger partial charge is 0.394 e. The van der Waals surface area contributed by atoms with Gasteiger partial charge < -0.3 is 33.9 Å². The van der Waals surface area contributed by atoms with Crippen molar-refractivity contribution in [2.75, 3.05) is 13.7 Å². The van der Waals surface area contributed by atoms with Gasteiger partial charge in [0.25, 0.3) is 0 Å². The Kier molecular flexibility index (Phi) is 10.0. The molecular formula is C29H34O7. The van der Waals surface area contributed by atoms with Crippen LogP contribution in [0.2, 0.25) is 0 Å². The molecule has 1 heterocycles. The van der Waals surface area contributed by atoms with E-state index in [9.17, 15) is 10.2 Å². The fourth-order valence-electron chi connectivity index (χ4n) is 4.29. The minimum atomic E-state index is -1.19. The summed E-state index contributed by atoms with van der Waals surface area (Å²) in [5.74, 6) is 0. The molecule has 7 heteroatoms. The molecule has 3 aromatic rings. The van der Waals surface area contributed by atoms with E-state index < -0.39 is 43.4 Å². The Balaban J connectivity index is 1.61. The summed E-state index contributed by atoms with van der Waals surface area (Å²) in [5, 5.41) is 20.4. The average Bonchev–Trinajstić information content (AvgIpc) is 2.94. The summed E-state index contributed by atoms with van der Waals surface area (Å²) in [6, 6.07) is 29.4. The Hall–Kier alpha value is -2.62. The number of methoxy groups -OCH3 is 1. The molecular weight excluding hydrogens is 460 g/mol. The lowest BCUT2D eigenvalue weighted by atomic mass is 9.94. The molecule has 0 radical (unpaired) electrons. The third-order valence-corrected chi connectivity index (χ3v) is 6.19. The van der Waals surface area contributed by atoms with E-state index >= 15 is 0 Å². The van der Waals surface area contributed by atoms with Crippen molar-refractivity contribution in [3.8, 4) is 0 Å². The number of hydrogen-bond donors (Lipinski definition) is 2. The van der Waals surface area contributed by atoms with Crippen LogP contribution in [0.5, 0.6) is 0 Å². The molecule has 192 valence electrons. The standard InChI is InChI=1S/C29H34O7/c1-32-29-28(35-20-23-15-9-4-10-16-23)27(34-19-22-13-7-3-8-14-22)26(25(36-29)24(31)17-30)33-18-21-11-5-2-6-12-21/h2-16,24-31H,17-20H2,1H3/t24-,25-,26-,27+,28+,29+/m1/s1. The van der Waals surface area contributed by atoms with Crippen molar-refractivity contribution in [3.63, 3.8) is 0 Å². The van der Waals surface area contributed by atoms with Crippen LogP contribution in [0, 0.1) is 0 Å². The molecule has 36 heavy (non-hydrogen) atoms. The molecule has 0 amide bonds. The van der Waals surface area contributed by atoms with E-state index in [4.69, 9.17) is 23.7 Å². The van der Waals surface area contributed by atoms with Crippen LogP contribution < -0.4 is 0 Å². The van der Waals surface area contributed by atoms with Crippen LogP contribution in [0.25, 0.3) is 0 Å². The van der Waals surface area contributed by atoms with Crippen molar-refractivity contribution in [2.45, 2.75) is 56.6 Å². The normalized spacial score (nSPS) is 24.9. The lowest BCUT2D eigenvalue weighted by molar-refractivity contribution is -0.330. The third-order valence-electron chi connectivity index (χ3n) is 6.19. The van der Waals surface area contributed by atoms with Gasteiger partial charge in [-0.2, -0.15) is 0 Å². The van der Waals surface area contributed by atoms with Gasteiger partial charge in [0.15, 0.2) is 6.29 Å². The topological polar surface area (TPSA) is 86.6 Å². The van der Waals surface area contributed by atoms with Crippen LogP contribution in [-0.2, 0) is 43.5 Å². The first kappa shape index (κ1) is 26.4. The van der Waals surface area contributed by atoms with Crippen molar-refractivity contribution in [1.82, 2.24) is 0 Å². The molecule has 4 rings (SSSR count). The maximum absolute atomic E-state index is 10.7. The Morgan fingerprint density at radius 1 is 0.667 bits per heavy atom. The van der Waals surface area contributed by atoms with Crippen LogP contribution in [0.1, 0.15) is 16.7 Å². The molecule has 1 fully saturated rings. The fraction of sp³-hybridized carbons (Fsp3) is 0.379. The summed E-state index contributed by atoms with van der Waals surface area (Å²) in [5.41, 5.74) is 2.95. The summed E-state index contributed by atoms with van der Waals surface area (Å²) < 4.78 is 30.8. The highest BCUT2D eigenvalue weighted by Gasteiger charge is 2.50. The van der Waals surface area contributed by atoms with Crippen molar-refractivity contribution in [3.05, 3.63) is 108 Å². The predicted octanol–water partition coefficient (Wildman–Crippen LogP) is 3.47. The van der Waals surface area contributed by atoms with Crippen molar-refractivity contribution < 1.29 is 33.9 Å². The Labute approximate surface area is 212 Å². The number of ether oxygens (including phenoxy) is 5. The first-order valence-corrected chi connectivity index (χ1v) is 12.1. The van der Waals surface area contributed by atoms with E-state index in [0.29, 0.717) is 13.2 Å². The van der Waals surface area contributed by atoms with Crippen LogP contribution >= 0.6 is 0 Å². The van der Waals surface area contributed by atoms with Crippen LogP contribution in [0.3, 0.4) is 0 Å². The zero-order valence-corrected chi connectivity index (χ0v) is 20.4. The summed E-state index contributed by atoms with van der Waals surface area (Å²) >= 11 is 0. The first-order valence-electron chi connectivity index (χ1n) is 12.1. The highest BCUT2D eigenvalue weighted by atomic mass is 16.7. The van der Waals surface area contributed by atoms with E-state index in [0.717, 1.165) is 16.7 Å². The lowest BCUT2D eigenvalue weighted by Gasteiger charge is -2.46. The summed E-state index contributed by atoms with van der Waals surface area (Å²) in [4.78, 5) is 0. The second kappa shape index (κ2) is 13.6. The molecule has 0 unspecified atom stereocenters. The summed E-state index contributed by atoms with van der Waals surface area (Å²) in [6.45, 7) is 0.407. The van der Waals surface area contributed by atoms with Gasteiger partial charge in [0.2, 0.25) is 0 Å². The minimum Gasteiger partial charge on any atom is -0.394 e. The molecule has 1 saturated heterocycles. The van der Waals surface area contributed by atoms with E-state index in [2.05, 4.69) is 0 Å². The Bertz CT molecular complexity index is 1000. The van der Waals surface area contributed by atoms with Crippen LogP contribution in [-0.4, -0.2) is 60.7 Å². The van der Waals surface area contributed by atoms with E-state index in [-0.39, 0.29) is 6.61 Å². The fourth-order valence-corrected chi connectivity index (χ4v) is 4.29. The highest BCUT2D eigenvalue weighted by molar-refractivity contribution is 5.15. The third kappa shape index (κ3) is 6.99. The maximum atomic E-state index is 10.7. The van der Waals surface area contributed by atoms with Gasteiger partial charge in [0.05, 0.1) is 26.4 Å². The second-order valence-electron chi connectivity index (χ2n) is 8.74. The molecule has 0 aromatic heterocycles. The molecule has 1 aliphatic heterocycles. The van der Waals surface area contributed by atoms with Gasteiger partial charge in [-0.05, 0) is 16.7 Å². The first-order chi connectivity index (χ1) is 17.7. The quantitative estimate of drug-likeness (QED) is 0.399. The zero-order chi connectivity index (χ0) is 25.2. The van der Waals surface area contributed by atoms with Gasteiger partial charge in [0.1, 0.15) is 30.5 Å². The van der Waals surface area contributed by atoms with Gasteiger partial charge in [0, 0.05) is 7.11 Å². The number of rotatable bonds is 12. The molecule has 2 N–H and O–H groups in total. The van der Waals surface area contributed by atoms with E-state index in [1.165, 1.54) is 7.11 Å². The maximum Gasteiger partial charge on any atom is 0.186 e. The highest BCUT2D eigenvalue weighted by Crippen LogP contribution is 2.32. The summed E-state index contributed by atoms with van der Waals surface area (Å²) in [7, 11) is 1.52. The molecule has 0 bridgehead atoms. The predicted molar refractivity (Wildman–Crippen MR) is 134 cm³/mol. The molecule has 7 nitrogen and oxygen atoms in total. The molecule has 0 spiro atoms. The van der Waals surface area contributed by atoms with Gasteiger partial charge in [-0.15, -0.1) is 0 Å².